The number of hydrogen-bond donors (Lipinski definition) is 1. The number of likely N-dealkylation sites (N-methyl/N-ethyl adjacent to an activating group) is 1. The molecule has 1 amide bonds. The molecular weight excluding hydrogens is 302 g/mol. The smallest absolute Gasteiger partial charge is 0.258 e. The highest BCUT2D eigenvalue weighted by Crippen LogP contribution is 2.20. The molecule has 0 atom stereocenters. The molecule has 1 fully saturated rings. The molecule has 0 radical (unpaired) electrons. The molecule has 0 spiro atoms. The maximum atomic E-state index is 12.4. The molecule has 1 saturated heterocycles. The molecule has 3 rings (SSSR count). The van der Waals surface area contributed by atoms with Gasteiger partial charge in [0.05, 0.1) is 5.56 Å². The topological polar surface area (TPSA) is 61.4 Å². The Hall–Kier alpha value is -2.47. The summed E-state index contributed by atoms with van der Waals surface area (Å²) >= 11 is 0. The van der Waals surface area contributed by atoms with Gasteiger partial charge in [0.1, 0.15) is 0 Å². The highest BCUT2D eigenvalue weighted by atomic mass is 16.1. The summed E-state index contributed by atoms with van der Waals surface area (Å²) in [6, 6.07) is 5.94. The van der Waals surface area contributed by atoms with Gasteiger partial charge in [-0.1, -0.05) is 18.2 Å². The van der Waals surface area contributed by atoms with Gasteiger partial charge in [-0.3, -0.25) is 4.79 Å². The van der Waals surface area contributed by atoms with Crippen LogP contribution in [-0.4, -0.2) is 54.0 Å². The van der Waals surface area contributed by atoms with Crippen LogP contribution in [0.2, 0.25) is 0 Å². The van der Waals surface area contributed by atoms with Crippen molar-refractivity contribution in [2.24, 2.45) is 0 Å². The van der Waals surface area contributed by atoms with E-state index in [0.29, 0.717) is 11.5 Å². The van der Waals surface area contributed by atoms with Gasteiger partial charge in [-0.15, -0.1) is 0 Å². The molecule has 1 aliphatic heterocycles. The van der Waals surface area contributed by atoms with Crippen LogP contribution < -0.4 is 10.2 Å². The highest BCUT2D eigenvalue weighted by molar-refractivity contribution is 6.04. The fraction of sp³-hybridized carbons (Fsp3) is 0.389. The highest BCUT2D eigenvalue weighted by Gasteiger charge is 2.17. The summed E-state index contributed by atoms with van der Waals surface area (Å²) < 4.78 is 0. The summed E-state index contributed by atoms with van der Waals surface area (Å²) in [6.45, 7) is 7.77. The zero-order valence-electron chi connectivity index (χ0n) is 14.4. The Kier molecular flexibility index (Phi) is 4.76. The second-order valence-corrected chi connectivity index (χ2v) is 6.28. The second kappa shape index (κ2) is 6.97. The van der Waals surface area contributed by atoms with Crippen LogP contribution in [0, 0.1) is 13.8 Å². The molecule has 1 aliphatic rings. The maximum Gasteiger partial charge on any atom is 0.258 e. The first-order chi connectivity index (χ1) is 11.5. The Balaban J connectivity index is 1.70. The van der Waals surface area contributed by atoms with E-state index >= 15 is 0 Å². The molecule has 2 heterocycles. The van der Waals surface area contributed by atoms with E-state index < -0.39 is 0 Å². The van der Waals surface area contributed by atoms with Gasteiger partial charge < -0.3 is 15.1 Å². The van der Waals surface area contributed by atoms with Crippen LogP contribution in [0.3, 0.4) is 0 Å². The largest absolute Gasteiger partial charge is 0.338 e. The van der Waals surface area contributed by atoms with Crippen LogP contribution in [-0.2, 0) is 0 Å². The van der Waals surface area contributed by atoms with E-state index in [4.69, 9.17) is 0 Å². The van der Waals surface area contributed by atoms with Crippen molar-refractivity contribution in [3.63, 3.8) is 0 Å². The zero-order valence-corrected chi connectivity index (χ0v) is 14.4. The lowest BCUT2D eigenvalue weighted by atomic mass is 10.1. The lowest BCUT2D eigenvalue weighted by Crippen LogP contribution is -2.45. The number of carbonyl (C=O) groups excluding carboxylic acids is 1. The minimum atomic E-state index is -0.183. The number of nitrogens with one attached hydrogen (secondary N) is 1. The molecule has 24 heavy (non-hydrogen) atoms. The van der Waals surface area contributed by atoms with Gasteiger partial charge in [0, 0.05) is 44.3 Å². The Bertz CT molecular complexity index is 700. The third-order valence-electron chi connectivity index (χ3n) is 4.41. The van der Waals surface area contributed by atoms with Crippen LogP contribution in [0.1, 0.15) is 21.5 Å². The summed E-state index contributed by atoms with van der Waals surface area (Å²) in [5, 5.41) is 2.96. The third kappa shape index (κ3) is 3.54. The average Bonchev–Trinajstić information content (AvgIpc) is 2.59. The molecule has 1 N–H and O–H groups in total. The monoisotopic (exact) mass is 325 g/mol. The van der Waals surface area contributed by atoms with Crippen molar-refractivity contribution < 1.29 is 4.79 Å². The molecule has 2 aromatic rings. The van der Waals surface area contributed by atoms with Gasteiger partial charge in [0.2, 0.25) is 5.95 Å². The van der Waals surface area contributed by atoms with Crippen molar-refractivity contribution in [3.05, 3.63) is 47.3 Å². The Morgan fingerprint density at radius 3 is 2.21 bits per heavy atom. The summed E-state index contributed by atoms with van der Waals surface area (Å²) in [6.07, 6.45) is 3.20. The fourth-order valence-electron chi connectivity index (χ4n) is 2.81. The molecule has 0 aliphatic carbocycles. The predicted octanol–water partition coefficient (Wildman–Crippen LogP) is 2.10. The van der Waals surface area contributed by atoms with Gasteiger partial charge in [0.25, 0.3) is 5.91 Å². The molecule has 126 valence electrons. The number of aryl methyl sites for hydroxylation is 2. The summed E-state index contributed by atoms with van der Waals surface area (Å²) in [4.78, 5) is 25.6. The van der Waals surface area contributed by atoms with Gasteiger partial charge in [-0.05, 0) is 32.0 Å². The average molecular weight is 325 g/mol. The van der Waals surface area contributed by atoms with Crippen molar-refractivity contribution in [1.29, 1.82) is 0 Å². The van der Waals surface area contributed by atoms with E-state index in [0.717, 1.165) is 43.0 Å². The minimum absolute atomic E-state index is 0.183. The molecular formula is C18H23N5O. The quantitative estimate of drug-likeness (QED) is 0.936. The number of piperazine rings is 1. The minimum Gasteiger partial charge on any atom is -0.338 e. The normalized spacial score (nSPS) is 15.4. The van der Waals surface area contributed by atoms with E-state index in [2.05, 4.69) is 32.1 Å². The number of anilines is 2. The maximum absolute atomic E-state index is 12.4. The second-order valence-electron chi connectivity index (χ2n) is 6.28. The molecule has 0 unspecified atom stereocenters. The number of para-hydroxylation sites is 1. The number of nitrogens with zero attached hydrogens (tertiary/aromatic N) is 4. The van der Waals surface area contributed by atoms with Crippen molar-refractivity contribution in [3.8, 4) is 0 Å². The standard InChI is InChI=1S/C18H23N5O/c1-13-5-4-6-14(2)16(13)21-17(24)15-11-19-18(20-12-15)23-9-7-22(3)8-10-23/h4-6,11-12H,7-10H2,1-3H3,(H,21,24). The van der Waals surface area contributed by atoms with Gasteiger partial charge in [-0.2, -0.15) is 0 Å². The van der Waals surface area contributed by atoms with Crippen LogP contribution >= 0.6 is 0 Å². The molecule has 1 aromatic carbocycles. The van der Waals surface area contributed by atoms with Crippen LogP contribution in [0.15, 0.2) is 30.6 Å². The first-order valence-corrected chi connectivity index (χ1v) is 8.17. The Labute approximate surface area is 142 Å². The fourth-order valence-corrected chi connectivity index (χ4v) is 2.81. The van der Waals surface area contributed by atoms with Crippen LogP contribution in [0.5, 0.6) is 0 Å². The Morgan fingerprint density at radius 2 is 1.62 bits per heavy atom. The molecule has 6 heteroatoms. The predicted molar refractivity (Wildman–Crippen MR) is 95.6 cm³/mol. The van der Waals surface area contributed by atoms with Crippen molar-refractivity contribution in [1.82, 2.24) is 14.9 Å². The first kappa shape index (κ1) is 16.4. The SMILES string of the molecule is Cc1cccc(C)c1NC(=O)c1cnc(N2CCN(C)CC2)nc1. The third-order valence-corrected chi connectivity index (χ3v) is 4.41. The van der Waals surface area contributed by atoms with Crippen molar-refractivity contribution >= 4 is 17.5 Å². The molecule has 0 bridgehead atoms. The van der Waals surface area contributed by atoms with E-state index in [-0.39, 0.29) is 5.91 Å². The Morgan fingerprint density at radius 1 is 1.04 bits per heavy atom. The number of amides is 1. The number of rotatable bonds is 3. The summed E-state index contributed by atoms with van der Waals surface area (Å²) in [5.74, 6) is 0.504. The van der Waals surface area contributed by atoms with E-state index in [1.165, 1.54) is 0 Å². The van der Waals surface area contributed by atoms with E-state index in [1.807, 2.05) is 32.0 Å². The lowest BCUT2D eigenvalue weighted by Gasteiger charge is -2.32. The van der Waals surface area contributed by atoms with Gasteiger partial charge in [0.15, 0.2) is 0 Å². The lowest BCUT2D eigenvalue weighted by molar-refractivity contribution is 0.102. The van der Waals surface area contributed by atoms with E-state index in [1.54, 1.807) is 12.4 Å². The van der Waals surface area contributed by atoms with Gasteiger partial charge in [-0.25, -0.2) is 9.97 Å². The number of aromatic nitrogens is 2. The zero-order chi connectivity index (χ0) is 17.1. The van der Waals surface area contributed by atoms with Crippen molar-refractivity contribution in [2.45, 2.75) is 13.8 Å². The number of hydrogen-bond acceptors (Lipinski definition) is 5. The summed E-state index contributed by atoms with van der Waals surface area (Å²) in [5.41, 5.74) is 3.40. The van der Waals surface area contributed by atoms with Crippen LogP contribution in [0.4, 0.5) is 11.6 Å². The molecule has 0 saturated carbocycles. The number of benzene rings is 1. The van der Waals surface area contributed by atoms with E-state index in [9.17, 15) is 4.79 Å². The van der Waals surface area contributed by atoms with Crippen LogP contribution in [0.25, 0.3) is 0 Å². The van der Waals surface area contributed by atoms with Crippen molar-refractivity contribution in [2.75, 3.05) is 43.4 Å². The van der Waals surface area contributed by atoms with Gasteiger partial charge >= 0.3 is 0 Å². The first-order valence-electron chi connectivity index (χ1n) is 8.17. The molecule has 6 nitrogen and oxygen atoms in total. The molecule has 1 aromatic heterocycles. The number of carbonyl (C=O) groups is 1. The summed E-state index contributed by atoms with van der Waals surface area (Å²) in [7, 11) is 2.11.